The Morgan fingerprint density at radius 3 is 2.06 bits per heavy atom. The van der Waals surface area contributed by atoms with E-state index in [0.717, 1.165) is 12.8 Å². The van der Waals surface area contributed by atoms with E-state index >= 15 is 0 Å². The SMILES string of the molecule is CCC(CC)(CN)C(=O)N1CCC(C(N)=O)CC1. The van der Waals surface area contributed by atoms with Gasteiger partial charge in [0.25, 0.3) is 0 Å². The number of likely N-dealkylation sites (tertiary alicyclic amines) is 1. The Kier molecular flexibility index (Phi) is 5.14. The number of nitrogens with two attached hydrogens (primary N) is 2. The Morgan fingerprint density at radius 1 is 1.22 bits per heavy atom. The van der Waals surface area contributed by atoms with Crippen LogP contribution in [0.2, 0.25) is 0 Å². The zero-order valence-electron chi connectivity index (χ0n) is 11.4. The highest BCUT2D eigenvalue weighted by Crippen LogP contribution is 2.29. The minimum atomic E-state index is -0.431. The first-order valence-corrected chi connectivity index (χ1v) is 6.79. The Balaban J connectivity index is 2.67. The van der Waals surface area contributed by atoms with E-state index in [1.54, 1.807) is 0 Å². The second-order valence-electron chi connectivity index (χ2n) is 5.16. The summed E-state index contributed by atoms with van der Waals surface area (Å²) in [6, 6.07) is 0. The fourth-order valence-corrected chi connectivity index (χ4v) is 2.63. The molecule has 1 fully saturated rings. The molecular formula is C13H25N3O2. The van der Waals surface area contributed by atoms with E-state index in [1.165, 1.54) is 0 Å². The number of hydrogen-bond acceptors (Lipinski definition) is 3. The first-order valence-electron chi connectivity index (χ1n) is 6.79. The van der Waals surface area contributed by atoms with E-state index in [1.807, 2.05) is 18.7 Å². The molecule has 1 aliphatic rings. The van der Waals surface area contributed by atoms with Gasteiger partial charge in [0.15, 0.2) is 0 Å². The molecule has 4 N–H and O–H groups in total. The predicted octanol–water partition coefficient (Wildman–Crippen LogP) is 0.475. The lowest BCUT2D eigenvalue weighted by Crippen LogP contribution is -2.51. The van der Waals surface area contributed by atoms with Gasteiger partial charge in [-0.05, 0) is 25.7 Å². The topological polar surface area (TPSA) is 89.4 Å². The summed E-state index contributed by atoms with van der Waals surface area (Å²) in [4.78, 5) is 25.5. The normalized spacial score (nSPS) is 17.8. The smallest absolute Gasteiger partial charge is 0.230 e. The summed E-state index contributed by atoms with van der Waals surface area (Å²) in [6.45, 7) is 5.63. The van der Waals surface area contributed by atoms with Crippen LogP contribution in [0, 0.1) is 11.3 Å². The molecule has 1 aliphatic heterocycles. The van der Waals surface area contributed by atoms with E-state index in [-0.39, 0.29) is 17.7 Å². The van der Waals surface area contributed by atoms with Crippen LogP contribution < -0.4 is 11.5 Å². The fourth-order valence-electron chi connectivity index (χ4n) is 2.63. The molecule has 1 saturated heterocycles. The maximum Gasteiger partial charge on any atom is 0.230 e. The molecule has 0 unspecified atom stereocenters. The van der Waals surface area contributed by atoms with Crippen molar-refractivity contribution in [2.45, 2.75) is 39.5 Å². The molecular weight excluding hydrogens is 230 g/mol. The van der Waals surface area contributed by atoms with E-state index in [4.69, 9.17) is 11.5 Å². The second-order valence-corrected chi connectivity index (χ2v) is 5.16. The van der Waals surface area contributed by atoms with Gasteiger partial charge in [-0.15, -0.1) is 0 Å². The summed E-state index contributed by atoms with van der Waals surface area (Å²) in [7, 11) is 0. The van der Waals surface area contributed by atoms with Crippen LogP contribution in [0.15, 0.2) is 0 Å². The largest absolute Gasteiger partial charge is 0.369 e. The van der Waals surface area contributed by atoms with E-state index in [2.05, 4.69) is 0 Å². The van der Waals surface area contributed by atoms with Crippen LogP contribution in [-0.4, -0.2) is 36.3 Å². The molecule has 0 aromatic rings. The molecule has 0 atom stereocenters. The Hall–Kier alpha value is -1.10. The Bertz CT molecular complexity index is 297. The highest BCUT2D eigenvalue weighted by Gasteiger charge is 2.38. The molecule has 0 radical (unpaired) electrons. The summed E-state index contributed by atoms with van der Waals surface area (Å²) in [5, 5.41) is 0. The van der Waals surface area contributed by atoms with Crippen LogP contribution in [-0.2, 0) is 9.59 Å². The highest BCUT2D eigenvalue weighted by atomic mass is 16.2. The maximum atomic E-state index is 12.5. The third kappa shape index (κ3) is 2.83. The summed E-state index contributed by atoms with van der Waals surface area (Å²) < 4.78 is 0. The fraction of sp³-hybridized carbons (Fsp3) is 0.846. The van der Waals surface area contributed by atoms with Crippen molar-refractivity contribution in [3.8, 4) is 0 Å². The zero-order chi connectivity index (χ0) is 13.8. The molecule has 104 valence electrons. The molecule has 0 spiro atoms. The molecule has 2 amide bonds. The predicted molar refractivity (Wildman–Crippen MR) is 70.6 cm³/mol. The lowest BCUT2D eigenvalue weighted by molar-refractivity contribution is -0.144. The van der Waals surface area contributed by atoms with Crippen molar-refractivity contribution in [3.63, 3.8) is 0 Å². The molecule has 0 aromatic carbocycles. The number of hydrogen-bond donors (Lipinski definition) is 2. The van der Waals surface area contributed by atoms with Gasteiger partial charge in [0.05, 0.1) is 5.41 Å². The third-order valence-corrected chi connectivity index (χ3v) is 4.38. The van der Waals surface area contributed by atoms with Crippen molar-refractivity contribution in [3.05, 3.63) is 0 Å². The van der Waals surface area contributed by atoms with Gasteiger partial charge < -0.3 is 16.4 Å². The van der Waals surface area contributed by atoms with Crippen LogP contribution in [0.4, 0.5) is 0 Å². The average Bonchev–Trinajstić information content (AvgIpc) is 2.41. The molecule has 18 heavy (non-hydrogen) atoms. The van der Waals surface area contributed by atoms with Gasteiger partial charge in [-0.2, -0.15) is 0 Å². The van der Waals surface area contributed by atoms with Crippen LogP contribution >= 0.6 is 0 Å². The summed E-state index contributed by atoms with van der Waals surface area (Å²) >= 11 is 0. The van der Waals surface area contributed by atoms with Crippen molar-refractivity contribution in [2.24, 2.45) is 22.8 Å². The summed E-state index contributed by atoms with van der Waals surface area (Å²) in [5.74, 6) is -0.194. The first-order chi connectivity index (χ1) is 8.50. The van der Waals surface area contributed by atoms with Crippen molar-refractivity contribution >= 4 is 11.8 Å². The van der Waals surface area contributed by atoms with Crippen molar-refractivity contribution in [2.75, 3.05) is 19.6 Å². The number of amides is 2. The van der Waals surface area contributed by atoms with Crippen molar-refractivity contribution in [1.29, 1.82) is 0 Å². The minimum absolute atomic E-state index is 0.0791. The Morgan fingerprint density at radius 2 is 1.72 bits per heavy atom. The number of nitrogens with zero attached hydrogens (tertiary/aromatic N) is 1. The highest BCUT2D eigenvalue weighted by molar-refractivity contribution is 5.83. The van der Waals surface area contributed by atoms with Gasteiger partial charge >= 0.3 is 0 Å². The van der Waals surface area contributed by atoms with Gasteiger partial charge in [0, 0.05) is 25.6 Å². The van der Waals surface area contributed by atoms with Crippen LogP contribution in [0.3, 0.4) is 0 Å². The maximum absolute atomic E-state index is 12.5. The zero-order valence-corrected chi connectivity index (χ0v) is 11.4. The van der Waals surface area contributed by atoms with Crippen molar-refractivity contribution < 1.29 is 9.59 Å². The van der Waals surface area contributed by atoms with Gasteiger partial charge in [0.2, 0.25) is 11.8 Å². The molecule has 1 rings (SSSR count). The average molecular weight is 255 g/mol. The molecule has 5 heteroatoms. The van der Waals surface area contributed by atoms with Crippen LogP contribution in [0.25, 0.3) is 0 Å². The molecule has 0 bridgehead atoms. The number of primary amides is 1. The molecule has 0 aliphatic carbocycles. The number of piperidine rings is 1. The minimum Gasteiger partial charge on any atom is -0.369 e. The lowest BCUT2D eigenvalue weighted by Gasteiger charge is -2.38. The van der Waals surface area contributed by atoms with E-state index < -0.39 is 5.41 Å². The van der Waals surface area contributed by atoms with Gasteiger partial charge in [-0.3, -0.25) is 9.59 Å². The quantitative estimate of drug-likeness (QED) is 0.748. The molecule has 0 aromatic heterocycles. The standard InChI is InChI=1S/C13H25N3O2/c1-3-13(4-2,9-14)12(18)16-7-5-10(6-8-16)11(15)17/h10H,3-9,14H2,1-2H3,(H2,15,17). The molecule has 5 nitrogen and oxygen atoms in total. The van der Waals surface area contributed by atoms with Gasteiger partial charge in [-0.25, -0.2) is 0 Å². The number of carbonyl (C=O) groups excluding carboxylic acids is 2. The third-order valence-electron chi connectivity index (χ3n) is 4.38. The van der Waals surface area contributed by atoms with E-state index in [0.29, 0.717) is 32.5 Å². The second kappa shape index (κ2) is 6.18. The van der Waals surface area contributed by atoms with Crippen LogP contribution in [0.5, 0.6) is 0 Å². The van der Waals surface area contributed by atoms with Crippen LogP contribution in [0.1, 0.15) is 39.5 Å². The number of carbonyl (C=O) groups is 2. The first kappa shape index (κ1) is 15.0. The lowest BCUT2D eigenvalue weighted by atomic mass is 9.80. The number of rotatable bonds is 5. The van der Waals surface area contributed by atoms with Gasteiger partial charge in [0.1, 0.15) is 0 Å². The summed E-state index contributed by atoms with van der Waals surface area (Å²) in [5.41, 5.74) is 10.6. The van der Waals surface area contributed by atoms with Gasteiger partial charge in [-0.1, -0.05) is 13.8 Å². The monoisotopic (exact) mass is 255 g/mol. The Labute approximate surface area is 109 Å². The molecule has 1 heterocycles. The summed E-state index contributed by atoms with van der Waals surface area (Å²) in [6.07, 6.45) is 2.87. The molecule has 0 saturated carbocycles. The van der Waals surface area contributed by atoms with Crippen molar-refractivity contribution in [1.82, 2.24) is 4.90 Å². The van der Waals surface area contributed by atoms with E-state index in [9.17, 15) is 9.59 Å².